The summed E-state index contributed by atoms with van der Waals surface area (Å²) in [5, 5.41) is 0. The highest BCUT2D eigenvalue weighted by Crippen LogP contribution is 2.38. The summed E-state index contributed by atoms with van der Waals surface area (Å²) < 4.78 is 30.6. The highest BCUT2D eigenvalue weighted by atomic mass is 19.1. The number of para-hydroxylation sites is 1. The molecule has 2 aliphatic rings. The number of hydrogen-bond acceptors (Lipinski definition) is 8. The van der Waals surface area contributed by atoms with E-state index in [0.717, 1.165) is 75.0 Å². The fourth-order valence-corrected chi connectivity index (χ4v) is 4.99. The number of rotatable bonds is 7. The van der Waals surface area contributed by atoms with Gasteiger partial charge in [0.1, 0.15) is 5.82 Å². The molecule has 190 valence electrons. The van der Waals surface area contributed by atoms with Crippen LogP contribution in [0.3, 0.4) is 0 Å². The number of piperazine rings is 1. The first-order valence-electron chi connectivity index (χ1n) is 12.2. The molecule has 1 fully saturated rings. The molecule has 8 nitrogen and oxygen atoms in total. The second kappa shape index (κ2) is 10.6. The topological polar surface area (TPSA) is 63.2 Å². The molecule has 0 atom stereocenters. The number of benzene rings is 2. The van der Waals surface area contributed by atoms with Crippen LogP contribution in [0, 0.1) is 5.82 Å². The second-order valence-corrected chi connectivity index (χ2v) is 9.06. The van der Waals surface area contributed by atoms with Gasteiger partial charge in [0.2, 0.25) is 11.7 Å². The van der Waals surface area contributed by atoms with Crippen LogP contribution in [-0.4, -0.2) is 68.9 Å². The van der Waals surface area contributed by atoms with Crippen molar-refractivity contribution in [3.05, 3.63) is 65.2 Å². The summed E-state index contributed by atoms with van der Waals surface area (Å²) in [7, 11) is 4.87. The van der Waals surface area contributed by atoms with Crippen LogP contribution in [0.4, 0.5) is 16.0 Å². The molecule has 3 heterocycles. The predicted molar refractivity (Wildman–Crippen MR) is 137 cm³/mol. The summed E-state index contributed by atoms with van der Waals surface area (Å²) in [6, 6.07) is 10.9. The molecule has 0 amide bonds. The third-order valence-corrected chi connectivity index (χ3v) is 6.89. The van der Waals surface area contributed by atoms with E-state index in [-0.39, 0.29) is 5.82 Å². The van der Waals surface area contributed by atoms with E-state index in [9.17, 15) is 4.39 Å². The Morgan fingerprint density at radius 3 is 2.25 bits per heavy atom. The molecule has 1 saturated heterocycles. The molecule has 0 radical (unpaired) electrons. The highest BCUT2D eigenvalue weighted by molar-refractivity contribution is 5.54. The maximum Gasteiger partial charge on any atom is 0.225 e. The first kappa shape index (κ1) is 24.1. The number of halogens is 1. The molecule has 0 bridgehead atoms. The van der Waals surface area contributed by atoms with E-state index in [4.69, 9.17) is 19.2 Å². The zero-order valence-corrected chi connectivity index (χ0v) is 21.0. The van der Waals surface area contributed by atoms with Crippen LogP contribution in [-0.2, 0) is 19.5 Å². The van der Waals surface area contributed by atoms with Crippen molar-refractivity contribution in [2.45, 2.75) is 19.5 Å². The maximum absolute atomic E-state index is 14.2. The molecule has 0 aliphatic carbocycles. The van der Waals surface area contributed by atoms with Crippen molar-refractivity contribution in [3.8, 4) is 17.2 Å². The van der Waals surface area contributed by atoms with Crippen LogP contribution in [0.15, 0.2) is 42.6 Å². The summed E-state index contributed by atoms with van der Waals surface area (Å²) >= 11 is 0. The molecule has 5 rings (SSSR count). The van der Waals surface area contributed by atoms with E-state index in [1.807, 2.05) is 30.5 Å². The number of methoxy groups -OCH3 is 3. The van der Waals surface area contributed by atoms with Crippen LogP contribution in [0.5, 0.6) is 17.2 Å². The average molecular weight is 494 g/mol. The molecule has 0 spiro atoms. The van der Waals surface area contributed by atoms with E-state index in [1.165, 1.54) is 6.07 Å². The second-order valence-electron chi connectivity index (χ2n) is 9.06. The third kappa shape index (κ3) is 4.88. The van der Waals surface area contributed by atoms with Gasteiger partial charge in [0.15, 0.2) is 11.5 Å². The van der Waals surface area contributed by atoms with Crippen LogP contribution in [0.1, 0.15) is 16.8 Å². The Morgan fingerprint density at radius 1 is 0.889 bits per heavy atom. The summed E-state index contributed by atoms with van der Waals surface area (Å²) in [6.07, 6.45) is 2.83. The third-order valence-electron chi connectivity index (χ3n) is 6.89. The Morgan fingerprint density at radius 2 is 1.58 bits per heavy atom. The fraction of sp³-hybridized carbons (Fsp3) is 0.407. The van der Waals surface area contributed by atoms with Gasteiger partial charge in [-0.15, -0.1) is 0 Å². The molecule has 2 aromatic carbocycles. The van der Waals surface area contributed by atoms with Crippen molar-refractivity contribution >= 4 is 11.6 Å². The molecule has 0 unspecified atom stereocenters. The Bertz CT molecular complexity index is 1190. The highest BCUT2D eigenvalue weighted by Gasteiger charge is 2.24. The molecule has 36 heavy (non-hydrogen) atoms. The van der Waals surface area contributed by atoms with Gasteiger partial charge in [-0.2, -0.15) is 0 Å². The Kier molecular flexibility index (Phi) is 7.09. The van der Waals surface area contributed by atoms with E-state index < -0.39 is 0 Å². The van der Waals surface area contributed by atoms with E-state index in [0.29, 0.717) is 22.9 Å². The van der Waals surface area contributed by atoms with Crippen molar-refractivity contribution in [3.63, 3.8) is 0 Å². The molecule has 0 saturated carbocycles. The van der Waals surface area contributed by atoms with Crippen molar-refractivity contribution in [1.29, 1.82) is 0 Å². The molecule has 0 N–H and O–H groups in total. The van der Waals surface area contributed by atoms with Gasteiger partial charge in [0, 0.05) is 64.0 Å². The number of nitrogens with zero attached hydrogens (tertiary/aromatic N) is 5. The van der Waals surface area contributed by atoms with Gasteiger partial charge in [-0.1, -0.05) is 12.1 Å². The van der Waals surface area contributed by atoms with Crippen LogP contribution < -0.4 is 24.0 Å². The van der Waals surface area contributed by atoms with Gasteiger partial charge in [0.05, 0.1) is 32.7 Å². The monoisotopic (exact) mass is 493 g/mol. The molecule has 3 aromatic rings. The summed E-state index contributed by atoms with van der Waals surface area (Å²) in [4.78, 5) is 16.3. The van der Waals surface area contributed by atoms with Crippen molar-refractivity contribution in [1.82, 2.24) is 14.9 Å². The van der Waals surface area contributed by atoms with E-state index in [1.54, 1.807) is 27.4 Å². The number of anilines is 2. The number of hydrogen-bond donors (Lipinski definition) is 0. The first-order valence-corrected chi connectivity index (χ1v) is 12.2. The lowest BCUT2D eigenvalue weighted by atomic mass is 10.1. The summed E-state index contributed by atoms with van der Waals surface area (Å²) in [6.45, 7) is 5.46. The normalized spacial score (nSPS) is 16.0. The van der Waals surface area contributed by atoms with Gasteiger partial charge in [-0.05, 0) is 29.8 Å². The zero-order valence-electron chi connectivity index (χ0n) is 21.0. The molecular formula is C27H32FN5O3. The Hall–Kier alpha value is -3.59. The quantitative estimate of drug-likeness (QED) is 0.496. The number of aromatic nitrogens is 2. The van der Waals surface area contributed by atoms with Gasteiger partial charge in [-0.25, -0.2) is 14.4 Å². The van der Waals surface area contributed by atoms with Crippen LogP contribution in [0.2, 0.25) is 0 Å². The fourth-order valence-electron chi connectivity index (χ4n) is 4.99. The van der Waals surface area contributed by atoms with Crippen molar-refractivity contribution < 1.29 is 18.6 Å². The number of fused-ring (bicyclic) bond motifs is 1. The van der Waals surface area contributed by atoms with E-state index >= 15 is 0 Å². The lowest BCUT2D eigenvalue weighted by molar-refractivity contribution is 0.241. The number of ether oxygens (including phenoxy) is 3. The Labute approximate surface area is 211 Å². The lowest BCUT2D eigenvalue weighted by Gasteiger charge is -2.36. The molecule has 9 heteroatoms. The van der Waals surface area contributed by atoms with E-state index in [2.05, 4.69) is 19.7 Å². The minimum absolute atomic E-state index is 0.174. The van der Waals surface area contributed by atoms with Crippen molar-refractivity contribution in [2.75, 3.05) is 63.9 Å². The summed E-state index contributed by atoms with van der Waals surface area (Å²) in [5.41, 5.74) is 4.02. The standard InChI is InChI=1S/C27H32FN5O3/c1-34-24-14-19(15-25(35-2)26(24)36-3)17-31-9-8-22-20(18-31)16-29-27(30-22)33-12-10-32(11-13-33)23-7-5-4-6-21(23)28/h4-7,14-16H,8-13,17-18H2,1-3H3. The van der Waals surface area contributed by atoms with Gasteiger partial charge < -0.3 is 24.0 Å². The Balaban J connectivity index is 1.23. The largest absolute Gasteiger partial charge is 0.493 e. The van der Waals surface area contributed by atoms with Gasteiger partial charge in [-0.3, -0.25) is 4.90 Å². The SMILES string of the molecule is COc1cc(CN2CCc3nc(N4CCN(c5ccccc5F)CC4)ncc3C2)cc(OC)c1OC. The minimum Gasteiger partial charge on any atom is -0.493 e. The van der Waals surface area contributed by atoms with Crippen molar-refractivity contribution in [2.24, 2.45) is 0 Å². The molecule has 2 aliphatic heterocycles. The van der Waals surface area contributed by atoms with Gasteiger partial charge in [0.25, 0.3) is 0 Å². The van der Waals surface area contributed by atoms with Crippen LogP contribution >= 0.6 is 0 Å². The smallest absolute Gasteiger partial charge is 0.225 e. The molecular weight excluding hydrogens is 461 g/mol. The lowest BCUT2D eigenvalue weighted by Crippen LogP contribution is -2.47. The summed E-state index contributed by atoms with van der Waals surface area (Å²) in [5.74, 6) is 2.51. The van der Waals surface area contributed by atoms with Gasteiger partial charge >= 0.3 is 0 Å². The molecule has 1 aromatic heterocycles. The average Bonchev–Trinajstić information content (AvgIpc) is 2.92. The minimum atomic E-state index is -0.174. The predicted octanol–water partition coefficient (Wildman–Crippen LogP) is 3.53. The maximum atomic E-state index is 14.2. The van der Waals surface area contributed by atoms with Crippen LogP contribution in [0.25, 0.3) is 0 Å². The zero-order chi connectivity index (χ0) is 25.1. The first-order chi connectivity index (χ1) is 17.6.